The number of hydrogen-bond donors (Lipinski definition) is 1. The molecule has 0 radical (unpaired) electrons. The molecule has 0 saturated heterocycles. The zero-order chi connectivity index (χ0) is 22.3. The summed E-state index contributed by atoms with van der Waals surface area (Å²) in [5.41, 5.74) is 1.59. The van der Waals surface area contributed by atoms with Crippen molar-refractivity contribution in [1.29, 1.82) is 0 Å². The van der Waals surface area contributed by atoms with E-state index in [-0.39, 0.29) is 37.4 Å². The maximum absolute atomic E-state index is 12.6. The average Bonchev–Trinajstić information content (AvgIpc) is 2.84. The lowest BCUT2D eigenvalue weighted by atomic mass is 10.1. The second-order valence-electron chi connectivity index (χ2n) is 7.11. The first-order valence-corrected chi connectivity index (χ1v) is 10.0. The van der Waals surface area contributed by atoms with Crippen molar-refractivity contribution in [1.82, 2.24) is 10.3 Å². The van der Waals surface area contributed by atoms with Crippen LogP contribution in [0.5, 0.6) is 11.5 Å². The molecule has 0 unspecified atom stereocenters. The van der Waals surface area contributed by atoms with Gasteiger partial charge in [-0.25, -0.2) is 0 Å². The van der Waals surface area contributed by atoms with E-state index in [4.69, 9.17) is 9.47 Å². The number of ether oxygens (including phenoxy) is 2. The fourth-order valence-corrected chi connectivity index (χ4v) is 3.20. The molecule has 0 fully saturated rings. The summed E-state index contributed by atoms with van der Waals surface area (Å²) < 4.78 is 11.0. The van der Waals surface area contributed by atoms with Crippen molar-refractivity contribution in [3.8, 4) is 11.5 Å². The van der Waals surface area contributed by atoms with E-state index >= 15 is 0 Å². The molecule has 0 aliphatic carbocycles. The van der Waals surface area contributed by atoms with E-state index in [0.29, 0.717) is 29.3 Å². The Bertz CT molecular complexity index is 1120. The number of amides is 2. The fraction of sp³-hybridized carbons (Fsp3) is 0.167. The van der Waals surface area contributed by atoms with Crippen LogP contribution in [0.15, 0.2) is 73.1 Å². The summed E-state index contributed by atoms with van der Waals surface area (Å²) in [6.45, 7) is -0.211. The second kappa shape index (κ2) is 9.74. The lowest BCUT2D eigenvalue weighted by Gasteiger charge is -2.29. The zero-order valence-corrected chi connectivity index (χ0v) is 17.2. The summed E-state index contributed by atoms with van der Waals surface area (Å²) in [5.74, 6) is 0.0726. The molecule has 0 saturated carbocycles. The maximum atomic E-state index is 12.6. The number of anilines is 1. The molecule has 2 heterocycles. The number of para-hydroxylation sites is 1. The molecular formula is C24H21N3O5. The van der Waals surface area contributed by atoms with Gasteiger partial charge in [-0.3, -0.25) is 24.3 Å². The molecule has 3 aromatic rings. The molecule has 1 aliphatic heterocycles. The zero-order valence-electron chi connectivity index (χ0n) is 17.2. The molecule has 1 aromatic heterocycles. The normalized spacial score (nSPS) is 12.5. The largest absolute Gasteiger partial charge is 0.485 e. The van der Waals surface area contributed by atoms with E-state index in [1.165, 1.54) is 4.90 Å². The lowest BCUT2D eigenvalue weighted by molar-refractivity contribution is -0.125. The highest BCUT2D eigenvalue weighted by atomic mass is 16.5. The van der Waals surface area contributed by atoms with Crippen molar-refractivity contribution in [2.45, 2.75) is 6.54 Å². The number of rotatable bonds is 8. The van der Waals surface area contributed by atoms with E-state index in [0.717, 1.165) is 5.56 Å². The Kier molecular flexibility index (Phi) is 6.41. The smallest absolute Gasteiger partial charge is 0.265 e. The topological polar surface area (TPSA) is 97.8 Å². The van der Waals surface area contributed by atoms with Crippen molar-refractivity contribution in [2.24, 2.45) is 0 Å². The van der Waals surface area contributed by atoms with Crippen LogP contribution in [-0.4, -0.2) is 42.3 Å². The van der Waals surface area contributed by atoms with Gasteiger partial charge in [0.25, 0.3) is 5.91 Å². The first-order valence-electron chi connectivity index (χ1n) is 10.0. The van der Waals surface area contributed by atoms with Crippen molar-refractivity contribution < 1.29 is 23.9 Å². The third-order valence-corrected chi connectivity index (χ3v) is 4.85. The van der Waals surface area contributed by atoms with Gasteiger partial charge in [0.2, 0.25) is 5.91 Å². The second-order valence-corrected chi connectivity index (χ2v) is 7.11. The van der Waals surface area contributed by atoms with Gasteiger partial charge in [0.15, 0.2) is 19.0 Å². The predicted molar refractivity (Wildman–Crippen MR) is 117 cm³/mol. The molecule has 2 amide bonds. The number of pyridine rings is 1. The molecule has 8 nitrogen and oxygen atoms in total. The molecular weight excluding hydrogens is 410 g/mol. The van der Waals surface area contributed by atoms with Crippen LogP contribution in [-0.2, 0) is 16.1 Å². The van der Waals surface area contributed by atoms with Crippen LogP contribution in [0.3, 0.4) is 0 Å². The Morgan fingerprint density at radius 3 is 2.72 bits per heavy atom. The van der Waals surface area contributed by atoms with Gasteiger partial charge in [-0.15, -0.1) is 0 Å². The molecule has 162 valence electrons. The van der Waals surface area contributed by atoms with Crippen LogP contribution < -0.4 is 19.7 Å². The number of nitrogens with one attached hydrogen (secondary N) is 1. The minimum atomic E-state index is -0.362. The number of nitrogens with zero attached hydrogens (tertiary/aromatic N) is 2. The van der Waals surface area contributed by atoms with E-state index < -0.39 is 0 Å². The molecule has 2 aromatic carbocycles. The quantitative estimate of drug-likeness (QED) is 0.550. The minimum absolute atomic E-state index is 0.150. The monoisotopic (exact) mass is 431 g/mol. The van der Waals surface area contributed by atoms with Crippen molar-refractivity contribution in [2.75, 3.05) is 24.7 Å². The highest BCUT2D eigenvalue weighted by Gasteiger charge is 2.28. The third-order valence-electron chi connectivity index (χ3n) is 4.85. The first-order chi connectivity index (χ1) is 15.6. The predicted octanol–water partition coefficient (Wildman–Crippen LogP) is 2.39. The number of hydrogen-bond acceptors (Lipinski definition) is 6. The van der Waals surface area contributed by atoms with Gasteiger partial charge in [-0.2, -0.15) is 0 Å². The highest BCUT2D eigenvalue weighted by Crippen LogP contribution is 2.33. The average molecular weight is 431 g/mol. The van der Waals surface area contributed by atoms with Crippen LogP contribution in [0.2, 0.25) is 0 Å². The molecule has 1 N–H and O–H groups in total. The Morgan fingerprint density at radius 1 is 1.09 bits per heavy atom. The number of Topliss-reactive ketones (excluding diaryl/α,β-unsaturated/α-hetero) is 1. The summed E-state index contributed by atoms with van der Waals surface area (Å²) in [6.07, 6.45) is 3.31. The van der Waals surface area contributed by atoms with Crippen LogP contribution >= 0.6 is 0 Å². The van der Waals surface area contributed by atoms with E-state index in [1.54, 1.807) is 48.8 Å². The number of carbonyl (C=O) groups is 3. The van der Waals surface area contributed by atoms with Gasteiger partial charge in [0, 0.05) is 24.5 Å². The highest BCUT2D eigenvalue weighted by molar-refractivity contribution is 6.04. The van der Waals surface area contributed by atoms with Crippen LogP contribution in [0, 0.1) is 0 Å². The van der Waals surface area contributed by atoms with Gasteiger partial charge in [0.05, 0.1) is 5.69 Å². The molecule has 4 rings (SSSR count). The van der Waals surface area contributed by atoms with E-state index in [2.05, 4.69) is 10.3 Å². The summed E-state index contributed by atoms with van der Waals surface area (Å²) >= 11 is 0. The molecule has 1 aliphatic rings. The number of aromatic nitrogens is 1. The van der Waals surface area contributed by atoms with Crippen molar-refractivity contribution in [3.05, 3.63) is 84.2 Å². The van der Waals surface area contributed by atoms with Crippen LogP contribution in [0.1, 0.15) is 15.9 Å². The van der Waals surface area contributed by atoms with Gasteiger partial charge in [0.1, 0.15) is 18.0 Å². The number of ketones is 1. The van der Waals surface area contributed by atoms with Crippen LogP contribution in [0.4, 0.5) is 5.69 Å². The SMILES string of the molecule is O=C(CN1C(=O)COc2ccc(C(=O)COc3ccccc3)cc21)NCc1cccnc1. The van der Waals surface area contributed by atoms with Gasteiger partial charge < -0.3 is 14.8 Å². The molecule has 0 atom stereocenters. The summed E-state index contributed by atoms with van der Waals surface area (Å²) in [5, 5.41) is 2.77. The Morgan fingerprint density at radius 2 is 1.94 bits per heavy atom. The fourth-order valence-electron chi connectivity index (χ4n) is 3.20. The van der Waals surface area contributed by atoms with Crippen molar-refractivity contribution >= 4 is 23.3 Å². The first kappa shape index (κ1) is 21.0. The Balaban J connectivity index is 1.44. The lowest BCUT2D eigenvalue weighted by Crippen LogP contribution is -2.45. The molecule has 0 bridgehead atoms. The minimum Gasteiger partial charge on any atom is -0.485 e. The van der Waals surface area contributed by atoms with E-state index in [1.807, 2.05) is 24.3 Å². The maximum Gasteiger partial charge on any atom is 0.265 e. The Hall–Kier alpha value is -4.20. The summed E-state index contributed by atoms with van der Waals surface area (Å²) in [6, 6.07) is 17.4. The van der Waals surface area contributed by atoms with Crippen LogP contribution in [0.25, 0.3) is 0 Å². The van der Waals surface area contributed by atoms with Gasteiger partial charge in [-0.05, 0) is 42.0 Å². The summed E-state index contributed by atoms with van der Waals surface area (Å²) in [7, 11) is 0. The number of benzene rings is 2. The van der Waals surface area contributed by atoms with E-state index in [9.17, 15) is 14.4 Å². The Labute approximate surface area is 184 Å². The third kappa shape index (κ3) is 5.10. The molecule has 8 heteroatoms. The van der Waals surface area contributed by atoms with Gasteiger partial charge in [-0.1, -0.05) is 24.3 Å². The number of fused-ring (bicyclic) bond motifs is 1. The van der Waals surface area contributed by atoms with Gasteiger partial charge >= 0.3 is 0 Å². The molecule has 0 spiro atoms. The standard InChI is InChI=1S/C24H21N3O5/c28-21(15-31-19-6-2-1-3-7-19)18-8-9-22-20(11-18)27(24(30)16-32-22)14-23(29)26-13-17-5-4-10-25-12-17/h1-12H,13-16H2,(H,26,29). The van der Waals surface area contributed by atoms with Crippen molar-refractivity contribution in [3.63, 3.8) is 0 Å². The summed E-state index contributed by atoms with van der Waals surface area (Å²) in [4.78, 5) is 42.9. The molecule has 32 heavy (non-hydrogen) atoms. The number of carbonyl (C=O) groups excluding carboxylic acids is 3.